The van der Waals surface area contributed by atoms with Gasteiger partial charge in [-0.25, -0.2) is 19.3 Å². The first-order valence-electron chi connectivity index (χ1n) is 10.8. The molecule has 1 aliphatic rings. The van der Waals surface area contributed by atoms with E-state index in [4.69, 9.17) is 5.41 Å². The number of pyridine rings is 1. The van der Waals surface area contributed by atoms with Crippen LogP contribution in [-0.4, -0.2) is 26.6 Å². The van der Waals surface area contributed by atoms with Gasteiger partial charge < -0.3 is 10.6 Å². The van der Waals surface area contributed by atoms with Crippen LogP contribution in [0.25, 0.3) is 17.3 Å². The van der Waals surface area contributed by atoms with Crippen LogP contribution in [0, 0.1) is 11.2 Å². The van der Waals surface area contributed by atoms with E-state index in [1.165, 1.54) is 36.8 Å². The maximum Gasteiger partial charge on any atom is 0.416 e. The summed E-state index contributed by atoms with van der Waals surface area (Å²) in [6.45, 7) is 0. The molecule has 0 saturated heterocycles. The van der Waals surface area contributed by atoms with E-state index < -0.39 is 23.5 Å². The standard InChI is InChI=1S/C26H16F4N6O/c27-21-19(7-2-8-20(21)36-25(37)14-4-1-5-15(12-14)26(28,29)30)35-24-17(6-3-11-32-24)22-16-9-10-18(31)23(16)34-13-33-22/h1-13,31H,(H,32,35)(H,36,37). The molecule has 5 rings (SSSR count). The molecule has 0 spiro atoms. The molecule has 0 radical (unpaired) electrons. The molecule has 1 aliphatic carbocycles. The van der Waals surface area contributed by atoms with Gasteiger partial charge in [0, 0.05) is 22.9 Å². The number of rotatable bonds is 5. The van der Waals surface area contributed by atoms with Crippen molar-refractivity contribution < 1.29 is 22.4 Å². The van der Waals surface area contributed by atoms with Crippen molar-refractivity contribution in [3.05, 3.63) is 101 Å². The molecule has 184 valence electrons. The van der Waals surface area contributed by atoms with E-state index in [-0.39, 0.29) is 28.5 Å². The smallest absolute Gasteiger partial charge is 0.337 e. The lowest BCUT2D eigenvalue weighted by Gasteiger charge is -2.15. The Morgan fingerprint density at radius 3 is 2.46 bits per heavy atom. The SMILES string of the molecule is N=C1C=Cc2c1ncnc2-c1cccnc1Nc1cccc(NC(=O)c2cccc(C(F)(F)F)c2)c1F. The van der Waals surface area contributed by atoms with Gasteiger partial charge in [-0.1, -0.05) is 12.1 Å². The Hall–Kier alpha value is -4.93. The molecule has 11 heteroatoms. The van der Waals surface area contributed by atoms with Gasteiger partial charge in [0.15, 0.2) is 5.82 Å². The molecule has 2 aromatic heterocycles. The summed E-state index contributed by atoms with van der Waals surface area (Å²) < 4.78 is 54.4. The first-order chi connectivity index (χ1) is 17.7. The van der Waals surface area contributed by atoms with Crippen molar-refractivity contribution in [2.75, 3.05) is 10.6 Å². The van der Waals surface area contributed by atoms with E-state index in [2.05, 4.69) is 25.6 Å². The van der Waals surface area contributed by atoms with Crippen LogP contribution in [-0.2, 0) is 6.18 Å². The number of aromatic nitrogens is 3. The average molecular weight is 504 g/mol. The quantitative estimate of drug-likeness (QED) is 0.286. The molecule has 0 atom stereocenters. The van der Waals surface area contributed by atoms with Crippen LogP contribution in [0.3, 0.4) is 0 Å². The molecule has 1 amide bonds. The molecule has 0 fully saturated rings. The highest BCUT2D eigenvalue weighted by Gasteiger charge is 2.31. The van der Waals surface area contributed by atoms with Crippen molar-refractivity contribution in [3.63, 3.8) is 0 Å². The average Bonchev–Trinajstić information content (AvgIpc) is 3.27. The van der Waals surface area contributed by atoms with E-state index in [1.54, 1.807) is 24.3 Å². The van der Waals surface area contributed by atoms with Gasteiger partial charge in [0.05, 0.1) is 34.0 Å². The maximum absolute atomic E-state index is 15.4. The molecule has 2 aromatic carbocycles. The van der Waals surface area contributed by atoms with Crippen LogP contribution in [0.15, 0.2) is 73.2 Å². The summed E-state index contributed by atoms with van der Waals surface area (Å²) in [5.74, 6) is -1.48. The van der Waals surface area contributed by atoms with Crippen LogP contribution < -0.4 is 10.6 Å². The van der Waals surface area contributed by atoms with E-state index in [1.807, 2.05) is 0 Å². The van der Waals surface area contributed by atoms with Crippen molar-refractivity contribution in [3.8, 4) is 11.3 Å². The molecule has 0 saturated carbocycles. The summed E-state index contributed by atoms with van der Waals surface area (Å²) in [4.78, 5) is 25.3. The molecular weight excluding hydrogens is 488 g/mol. The fourth-order valence-electron chi connectivity index (χ4n) is 3.81. The fraction of sp³-hybridized carbons (Fsp3) is 0.0385. The lowest BCUT2D eigenvalue weighted by molar-refractivity contribution is -0.137. The molecule has 37 heavy (non-hydrogen) atoms. The number of hydrogen-bond acceptors (Lipinski definition) is 6. The van der Waals surface area contributed by atoms with Gasteiger partial charge in [-0.2, -0.15) is 13.2 Å². The third-order valence-corrected chi connectivity index (χ3v) is 5.57. The Labute approximate surface area is 207 Å². The number of nitrogens with one attached hydrogen (secondary N) is 3. The summed E-state index contributed by atoms with van der Waals surface area (Å²) in [6, 6.07) is 11.5. The summed E-state index contributed by atoms with van der Waals surface area (Å²) in [5.41, 5.74) is 0.839. The van der Waals surface area contributed by atoms with E-state index in [0.29, 0.717) is 28.6 Å². The minimum atomic E-state index is -4.62. The van der Waals surface area contributed by atoms with Gasteiger partial charge >= 0.3 is 6.18 Å². The van der Waals surface area contributed by atoms with Crippen LogP contribution in [0.4, 0.5) is 34.8 Å². The predicted molar refractivity (Wildman–Crippen MR) is 130 cm³/mol. The second-order valence-electron chi connectivity index (χ2n) is 7.96. The molecule has 7 nitrogen and oxygen atoms in total. The number of benzene rings is 2. The zero-order valence-corrected chi connectivity index (χ0v) is 18.8. The van der Waals surface area contributed by atoms with Gasteiger partial charge in [-0.05, 0) is 54.6 Å². The summed E-state index contributed by atoms with van der Waals surface area (Å²) >= 11 is 0. The highest BCUT2D eigenvalue weighted by molar-refractivity contribution is 6.15. The molecule has 0 bridgehead atoms. The Balaban J connectivity index is 1.44. The molecule has 0 aliphatic heterocycles. The predicted octanol–water partition coefficient (Wildman–Crippen LogP) is 6.09. The van der Waals surface area contributed by atoms with Crippen molar-refractivity contribution in [2.45, 2.75) is 6.18 Å². The summed E-state index contributed by atoms with van der Waals surface area (Å²) in [5, 5.41) is 13.2. The van der Waals surface area contributed by atoms with Gasteiger partial charge in [0.2, 0.25) is 0 Å². The highest BCUT2D eigenvalue weighted by Crippen LogP contribution is 2.34. The van der Waals surface area contributed by atoms with Crippen LogP contribution in [0.5, 0.6) is 0 Å². The fourth-order valence-corrected chi connectivity index (χ4v) is 3.81. The molecule has 3 N–H and O–H groups in total. The Kier molecular flexibility index (Phi) is 5.96. The number of alkyl halides is 3. The molecule has 2 heterocycles. The first kappa shape index (κ1) is 23.8. The second-order valence-corrected chi connectivity index (χ2v) is 7.96. The molecule has 0 unspecified atom stereocenters. The van der Waals surface area contributed by atoms with Gasteiger partial charge in [-0.3, -0.25) is 10.2 Å². The summed E-state index contributed by atoms with van der Waals surface area (Å²) in [6.07, 6.45) is 1.53. The molecular formula is C26H16F4N6O. The zero-order valence-electron chi connectivity index (χ0n) is 18.8. The van der Waals surface area contributed by atoms with Crippen molar-refractivity contribution in [2.24, 2.45) is 0 Å². The van der Waals surface area contributed by atoms with Crippen LogP contribution >= 0.6 is 0 Å². The van der Waals surface area contributed by atoms with Crippen molar-refractivity contribution in [1.29, 1.82) is 5.41 Å². The summed E-state index contributed by atoms with van der Waals surface area (Å²) in [7, 11) is 0. The van der Waals surface area contributed by atoms with Crippen molar-refractivity contribution >= 4 is 34.9 Å². The minimum absolute atomic E-state index is 0.0317. The van der Waals surface area contributed by atoms with E-state index >= 15 is 4.39 Å². The van der Waals surface area contributed by atoms with E-state index in [9.17, 15) is 18.0 Å². The number of fused-ring (bicyclic) bond motifs is 1. The van der Waals surface area contributed by atoms with Crippen LogP contribution in [0.2, 0.25) is 0 Å². The Morgan fingerprint density at radius 2 is 1.65 bits per heavy atom. The third-order valence-electron chi connectivity index (χ3n) is 5.57. The number of nitrogens with zero attached hydrogens (tertiary/aromatic N) is 3. The van der Waals surface area contributed by atoms with Crippen LogP contribution in [0.1, 0.15) is 27.2 Å². The van der Waals surface area contributed by atoms with Gasteiger partial charge in [0.25, 0.3) is 5.91 Å². The monoisotopic (exact) mass is 504 g/mol. The largest absolute Gasteiger partial charge is 0.416 e. The maximum atomic E-state index is 15.4. The number of carbonyl (C=O) groups is 1. The minimum Gasteiger partial charge on any atom is -0.337 e. The number of amides is 1. The normalized spacial score (nSPS) is 12.4. The van der Waals surface area contributed by atoms with Gasteiger partial charge in [0.1, 0.15) is 12.1 Å². The number of carbonyl (C=O) groups excluding carboxylic acids is 1. The zero-order chi connectivity index (χ0) is 26.2. The lowest BCUT2D eigenvalue weighted by atomic mass is 10.1. The molecule has 4 aromatic rings. The number of hydrogen-bond donors (Lipinski definition) is 3. The Bertz CT molecular complexity index is 1580. The van der Waals surface area contributed by atoms with Crippen molar-refractivity contribution in [1.82, 2.24) is 15.0 Å². The number of anilines is 3. The van der Waals surface area contributed by atoms with Gasteiger partial charge in [-0.15, -0.1) is 0 Å². The van der Waals surface area contributed by atoms with E-state index in [0.717, 1.165) is 12.1 Å². The lowest BCUT2D eigenvalue weighted by Crippen LogP contribution is -2.15. The Morgan fingerprint density at radius 1 is 0.892 bits per heavy atom. The number of halogens is 4. The first-order valence-corrected chi connectivity index (χ1v) is 10.8. The topological polar surface area (TPSA) is 104 Å². The third kappa shape index (κ3) is 4.66. The highest BCUT2D eigenvalue weighted by atomic mass is 19.4. The number of allylic oxidation sites excluding steroid dienone is 1. The second kappa shape index (κ2) is 9.26.